The third-order valence-corrected chi connectivity index (χ3v) is 5.54. The maximum absolute atomic E-state index is 12.2. The molecule has 6 nitrogen and oxygen atoms in total. The maximum Gasteiger partial charge on any atom is 0.328 e. The van der Waals surface area contributed by atoms with Crippen molar-refractivity contribution in [2.45, 2.75) is 31.7 Å². The van der Waals surface area contributed by atoms with E-state index in [4.69, 9.17) is 4.98 Å². The summed E-state index contributed by atoms with van der Waals surface area (Å²) < 4.78 is 5.83. The molecule has 7 heteroatoms. The number of carbonyl (C=O) groups is 2. The van der Waals surface area contributed by atoms with Crippen LogP contribution in [-0.2, 0) is 9.53 Å². The van der Waals surface area contributed by atoms with Gasteiger partial charge in [0.05, 0.1) is 22.3 Å². The van der Waals surface area contributed by atoms with Crippen LogP contribution in [-0.4, -0.2) is 48.1 Å². The number of hydrogen-bond acceptors (Lipinski definition) is 5. The average molecular weight is 347 g/mol. The molecule has 1 N–H and O–H groups in total. The number of carbonyl (C=O) groups excluding carboxylic acids is 2. The topological polar surface area (TPSA) is 71.5 Å². The number of benzene rings is 1. The lowest BCUT2D eigenvalue weighted by molar-refractivity contribution is -0.142. The van der Waals surface area contributed by atoms with Crippen molar-refractivity contribution in [3.05, 3.63) is 29.3 Å². The van der Waals surface area contributed by atoms with Crippen LogP contribution >= 0.6 is 11.3 Å². The normalized spacial score (nSPS) is 16.8. The quantitative estimate of drug-likeness (QED) is 0.867. The van der Waals surface area contributed by atoms with Gasteiger partial charge in [-0.1, -0.05) is 12.1 Å². The average Bonchev–Trinajstić information content (AvgIpc) is 3.05. The summed E-state index contributed by atoms with van der Waals surface area (Å²) in [6, 6.07) is 7.31. The number of thiazole rings is 1. The maximum atomic E-state index is 12.2. The number of aromatic nitrogens is 1. The Bertz CT molecular complexity index is 705. The lowest BCUT2D eigenvalue weighted by atomic mass is 9.98. The van der Waals surface area contributed by atoms with Gasteiger partial charge in [-0.25, -0.2) is 14.6 Å². The molecule has 0 spiro atoms. The van der Waals surface area contributed by atoms with Crippen LogP contribution < -0.4 is 5.32 Å². The van der Waals surface area contributed by atoms with E-state index in [1.165, 1.54) is 11.8 Å². The summed E-state index contributed by atoms with van der Waals surface area (Å²) in [6.45, 7) is 2.96. The van der Waals surface area contributed by atoms with Crippen molar-refractivity contribution in [1.29, 1.82) is 0 Å². The Hall–Kier alpha value is -2.15. The van der Waals surface area contributed by atoms with Crippen molar-refractivity contribution in [2.75, 3.05) is 20.2 Å². The molecule has 2 heterocycles. The summed E-state index contributed by atoms with van der Waals surface area (Å²) in [7, 11) is 1.31. The van der Waals surface area contributed by atoms with E-state index in [0.29, 0.717) is 19.0 Å². The summed E-state index contributed by atoms with van der Waals surface area (Å²) in [5, 5.41) is 3.83. The molecule has 0 radical (unpaired) electrons. The molecule has 1 aromatic heterocycles. The van der Waals surface area contributed by atoms with Crippen LogP contribution in [0, 0.1) is 0 Å². The Morgan fingerprint density at radius 2 is 2.04 bits per heavy atom. The molecular weight excluding hydrogens is 326 g/mol. The zero-order valence-electron chi connectivity index (χ0n) is 13.8. The van der Waals surface area contributed by atoms with Gasteiger partial charge in [-0.05, 0) is 31.9 Å². The first-order chi connectivity index (χ1) is 11.6. The number of urea groups is 1. The van der Waals surface area contributed by atoms with E-state index in [1.54, 1.807) is 23.2 Å². The first-order valence-electron chi connectivity index (χ1n) is 8.07. The lowest BCUT2D eigenvalue weighted by Crippen LogP contribution is -2.49. The number of para-hydroxylation sites is 1. The first kappa shape index (κ1) is 16.7. The molecule has 1 aromatic carbocycles. The number of methoxy groups -OCH3 is 1. The molecule has 1 atom stereocenters. The Labute approximate surface area is 144 Å². The fourth-order valence-electron chi connectivity index (χ4n) is 2.91. The second-order valence-electron chi connectivity index (χ2n) is 5.98. The van der Waals surface area contributed by atoms with E-state index in [2.05, 4.69) is 16.1 Å². The van der Waals surface area contributed by atoms with Gasteiger partial charge in [0.15, 0.2) is 0 Å². The third-order valence-electron chi connectivity index (χ3n) is 4.34. The van der Waals surface area contributed by atoms with Crippen LogP contribution in [0.5, 0.6) is 0 Å². The number of esters is 1. The molecule has 24 heavy (non-hydrogen) atoms. The van der Waals surface area contributed by atoms with Crippen LogP contribution in [0.1, 0.15) is 30.7 Å². The highest BCUT2D eigenvalue weighted by Crippen LogP contribution is 2.33. The molecule has 0 unspecified atom stereocenters. The molecule has 3 rings (SSSR count). The van der Waals surface area contributed by atoms with Crippen molar-refractivity contribution in [2.24, 2.45) is 0 Å². The molecule has 0 saturated carbocycles. The number of rotatable bonds is 3. The lowest BCUT2D eigenvalue weighted by Gasteiger charge is -2.31. The molecule has 1 saturated heterocycles. The van der Waals surface area contributed by atoms with Crippen LogP contribution in [0.25, 0.3) is 10.2 Å². The van der Waals surface area contributed by atoms with Gasteiger partial charge < -0.3 is 15.0 Å². The highest BCUT2D eigenvalue weighted by Gasteiger charge is 2.27. The van der Waals surface area contributed by atoms with Gasteiger partial charge in [0.25, 0.3) is 0 Å². The Kier molecular flexibility index (Phi) is 4.99. The fourth-order valence-corrected chi connectivity index (χ4v) is 4.04. The molecule has 128 valence electrons. The standard InChI is InChI=1S/C17H21N3O3S/c1-11(16(21)23-2)18-17(22)20-9-7-12(8-10-20)15-19-13-5-3-4-6-14(13)24-15/h3-6,11-12H,7-10H2,1-2H3,(H,18,22)/t11-/m0/s1. The monoisotopic (exact) mass is 347 g/mol. The Balaban J connectivity index is 1.57. The van der Waals surface area contributed by atoms with Crippen LogP contribution in [0.3, 0.4) is 0 Å². The van der Waals surface area contributed by atoms with E-state index < -0.39 is 12.0 Å². The zero-order valence-corrected chi connectivity index (χ0v) is 14.6. The molecule has 2 aromatic rings. The predicted octanol–water partition coefficient (Wildman–Crippen LogP) is 2.75. The van der Waals surface area contributed by atoms with Crippen LogP contribution in [0.4, 0.5) is 4.79 Å². The second kappa shape index (κ2) is 7.17. The number of nitrogens with zero attached hydrogens (tertiary/aromatic N) is 2. The van der Waals surface area contributed by atoms with Gasteiger partial charge in [-0.15, -0.1) is 11.3 Å². The second-order valence-corrected chi connectivity index (χ2v) is 7.04. The van der Waals surface area contributed by atoms with Crippen molar-refractivity contribution in [3.8, 4) is 0 Å². The largest absolute Gasteiger partial charge is 0.467 e. The number of nitrogens with one attached hydrogen (secondary N) is 1. The number of piperidine rings is 1. The molecule has 1 aliphatic rings. The number of fused-ring (bicyclic) bond motifs is 1. The highest BCUT2D eigenvalue weighted by molar-refractivity contribution is 7.18. The van der Waals surface area contributed by atoms with Gasteiger partial charge in [0.2, 0.25) is 0 Å². The van der Waals surface area contributed by atoms with Crippen molar-refractivity contribution in [1.82, 2.24) is 15.2 Å². The fraction of sp³-hybridized carbons (Fsp3) is 0.471. The summed E-state index contributed by atoms with van der Waals surface area (Å²) in [5.74, 6) is -0.0443. The van der Waals surface area contributed by atoms with E-state index in [1.807, 2.05) is 18.2 Å². The summed E-state index contributed by atoms with van der Waals surface area (Å²) in [4.78, 5) is 30.1. The number of ether oxygens (including phenoxy) is 1. The van der Waals surface area contributed by atoms with Gasteiger partial charge in [0.1, 0.15) is 6.04 Å². The molecule has 1 aliphatic heterocycles. The minimum Gasteiger partial charge on any atom is -0.467 e. The van der Waals surface area contributed by atoms with E-state index in [9.17, 15) is 9.59 Å². The van der Waals surface area contributed by atoms with Gasteiger partial charge in [-0.3, -0.25) is 0 Å². The summed E-state index contributed by atoms with van der Waals surface area (Å²) in [6.07, 6.45) is 1.78. The molecule has 0 aliphatic carbocycles. The zero-order chi connectivity index (χ0) is 17.1. The molecule has 1 fully saturated rings. The van der Waals surface area contributed by atoms with E-state index in [-0.39, 0.29) is 6.03 Å². The first-order valence-corrected chi connectivity index (χ1v) is 8.89. The Morgan fingerprint density at radius 1 is 1.33 bits per heavy atom. The minimum atomic E-state index is -0.635. The van der Waals surface area contributed by atoms with E-state index >= 15 is 0 Å². The summed E-state index contributed by atoms with van der Waals surface area (Å²) in [5.41, 5.74) is 1.05. The highest BCUT2D eigenvalue weighted by atomic mass is 32.1. The van der Waals surface area contributed by atoms with Gasteiger partial charge in [0, 0.05) is 19.0 Å². The SMILES string of the molecule is COC(=O)[C@H](C)NC(=O)N1CCC(c2nc3ccccc3s2)CC1. The Morgan fingerprint density at radius 3 is 2.71 bits per heavy atom. The number of likely N-dealkylation sites (tertiary alicyclic amines) is 1. The number of amides is 2. The van der Waals surface area contributed by atoms with Crippen LogP contribution in [0.2, 0.25) is 0 Å². The van der Waals surface area contributed by atoms with E-state index in [0.717, 1.165) is 23.4 Å². The smallest absolute Gasteiger partial charge is 0.328 e. The summed E-state index contributed by atoms with van der Waals surface area (Å²) >= 11 is 1.74. The van der Waals surface area contributed by atoms with Gasteiger partial charge >= 0.3 is 12.0 Å². The van der Waals surface area contributed by atoms with Gasteiger partial charge in [-0.2, -0.15) is 0 Å². The number of hydrogen-bond donors (Lipinski definition) is 1. The third kappa shape index (κ3) is 3.51. The molecular formula is C17H21N3O3S. The molecule has 2 amide bonds. The van der Waals surface area contributed by atoms with Crippen molar-refractivity contribution in [3.63, 3.8) is 0 Å². The predicted molar refractivity (Wildman–Crippen MR) is 93.2 cm³/mol. The minimum absolute atomic E-state index is 0.212. The van der Waals surface area contributed by atoms with Crippen molar-refractivity contribution >= 4 is 33.6 Å². The van der Waals surface area contributed by atoms with Crippen molar-refractivity contribution < 1.29 is 14.3 Å². The molecule has 0 bridgehead atoms. The van der Waals surface area contributed by atoms with Crippen LogP contribution in [0.15, 0.2) is 24.3 Å².